The standard InChI is InChI=1S/C16H22F3NO.C2H6/c1-15(2,3)12-5-13(16(17,18)19)7-14(6-12)21-10-11-8-20(4)9-11;1-2/h5-7,11H,8-10H2,1-4H3;1-2H3. The smallest absolute Gasteiger partial charge is 0.416 e. The molecular weight excluding hydrogens is 303 g/mol. The molecular formula is C18H28F3NO. The number of benzene rings is 1. The van der Waals surface area contributed by atoms with Crippen LogP contribution in [0.2, 0.25) is 0 Å². The van der Waals surface area contributed by atoms with Crippen molar-refractivity contribution in [1.82, 2.24) is 4.90 Å². The van der Waals surface area contributed by atoms with Gasteiger partial charge in [-0.15, -0.1) is 0 Å². The highest BCUT2D eigenvalue weighted by Gasteiger charge is 2.33. The molecule has 1 heterocycles. The third-order valence-electron chi connectivity index (χ3n) is 3.73. The summed E-state index contributed by atoms with van der Waals surface area (Å²) in [5.74, 6) is 0.715. The first-order chi connectivity index (χ1) is 10.6. The number of hydrogen-bond donors (Lipinski definition) is 0. The molecule has 0 radical (unpaired) electrons. The Kier molecular flexibility index (Phi) is 6.51. The lowest BCUT2D eigenvalue weighted by molar-refractivity contribution is -0.137. The van der Waals surface area contributed by atoms with Crippen LogP contribution in [0.5, 0.6) is 5.75 Å². The van der Waals surface area contributed by atoms with Crippen LogP contribution in [0.1, 0.15) is 45.7 Å². The van der Waals surface area contributed by atoms with E-state index in [1.165, 1.54) is 6.07 Å². The van der Waals surface area contributed by atoms with E-state index in [-0.39, 0.29) is 5.41 Å². The molecule has 0 atom stereocenters. The summed E-state index contributed by atoms with van der Waals surface area (Å²) in [6.45, 7) is 12.0. The van der Waals surface area contributed by atoms with Crippen LogP contribution in [0.15, 0.2) is 18.2 Å². The summed E-state index contributed by atoms with van der Waals surface area (Å²) in [5, 5.41) is 0. The van der Waals surface area contributed by atoms with Crippen molar-refractivity contribution in [3.63, 3.8) is 0 Å². The number of halogens is 3. The second-order valence-corrected chi connectivity index (χ2v) is 6.89. The van der Waals surface area contributed by atoms with E-state index in [9.17, 15) is 13.2 Å². The van der Waals surface area contributed by atoms with Crippen molar-refractivity contribution in [2.45, 2.75) is 46.2 Å². The molecule has 0 N–H and O–H groups in total. The maximum Gasteiger partial charge on any atom is 0.416 e. The minimum atomic E-state index is -4.35. The van der Waals surface area contributed by atoms with Crippen molar-refractivity contribution < 1.29 is 17.9 Å². The zero-order valence-corrected chi connectivity index (χ0v) is 14.9. The van der Waals surface area contributed by atoms with Crippen LogP contribution in [0.3, 0.4) is 0 Å². The van der Waals surface area contributed by atoms with Gasteiger partial charge in [0.2, 0.25) is 0 Å². The van der Waals surface area contributed by atoms with E-state index in [4.69, 9.17) is 4.74 Å². The number of ether oxygens (including phenoxy) is 1. The van der Waals surface area contributed by atoms with Crippen LogP contribution in [0.25, 0.3) is 0 Å². The van der Waals surface area contributed by atoms with Gasteiger partial charge in [0.15, 0.2) is 0 Å². The van der Waals surface area contributed by atoms with Crippen molar-refractivity contribution in [2.75, 3.05) is 26.7 Å². The lowest BCUT2D eigenvalue weighted by Gasteiger charge is -2.35. The predicted molar refractivity (Wildman–Crippen MR) is 88.0 cm³/mol. The van der Waals surface area contributed by atoms with Gasteiger partial charge in [0.05, 0.1) is 12.2 Å². The van der Waals surface area contributed by atoms with Crippen LogP contribution in [0, 0.1) is 5.92 Å². The van der Waals surface area contributed by atoms with Gasteiger partial charge in [-0.2, -0.15) is 13.2 Å². The fraction of sp³-hybridized carbons (Fsp3) is 0.667. The quantitative estimate of drug-likeness (QED) is 0.775. The largest absolute Gasteiger partial charge is 0.493 e. The van der Waals surface area contributed by atoms with Gasteiger partial charge in [-0.3, -0.25) is 0 Å². The molecule has 0 bridgehead atoms. The summed E-state index contributed by atoms with van der Waals surface area (Å²) >= 11 is 0. The van der Waals surface area contributed by atoms with Gasteiger partial charge in [0.25, 0.3) is 0 Å². The third kappa shape index (κ3) is 5.72. The topological polar surface area (TPSA) is 12.5 Å². The first-order valence-corrected chi connectivity index (χ1v) is 8.10. The summed E-state index contributed by atoms with van der Waals surface area (Å²) in [6.07, 6.45) is -4.35. The zero-order chi connectivity index (χ0) is 17.8. The molecule has 1 saturated heterocycles. The average Bonchev–Trinajstić information content (AvgIpc) is 2.42. The highest BCUT2D eigenvalue weighted by atomic mass is 19.4. The molecule has 0 saturated carbocycles. The minimum absolute atomic E-state index is 0.310. The van der Waals surface area contributed by atoms with Crippen molar-refractivity contribution in [3.05, 3.63) is 29.3 Å². The van der Waals surface area contributed by atoms with Gasteiger partial charge in [-0.1, -0.05) is 34.6 Å². The van der Waals surface area contributed by atoms with Crippen molar-refractivity contribution in [3.8, 4) is 5.75 Å². The Morgan fingerprint density at radius 1 is 1.04 bits per heavy atom. The Morgan fingerprint density at radius 3 is 2.00 bits per heavy atom. The van der Waals surface area contributed by atoms with Gasteiger partial charge in [-0.25, -0.2) is 0 Å². The normalized spacial score (nSPS) is 16.4. The highest BCUT2D eigenvalue weighted by Crippen LogP contribution is 2.36. The molecule has 5 heteroatoms. The average molecular weight is 331 g/mol. The van der Waals surface area contributed by atoms with Gasteiger partial charge < -0.3 is 9.64 Å². The molecule has 1 aliphatic heterocycles. The van der Waals surface area contributed by atoms with E-state index in [0.29, 0.717) is 23.8 Å². The molecule has 0 spiro atoms. The van der Waals surface area contributed by atoms with Gasteiger partial charge >= 0.3 is 6.18 Å². The highest BCUT2D eigenvalue weighted by molar-refractivity contribution is 5.39. The number of alkyl halides is 3. The van der Waals surface area contributed by atoms with E-state index in [0.717, 1.165) is 19.2 Å². The Bertz CT molecular complexity index is 468. The van der Waals surface area contributed by atoms with Crippen LogP contribution >= 0.6 is 0 Å². The number of hydrogen-bond acceptors (Lipinski definition) is 2. The van der Waals surface area contributed by atoms with E-state index >= 15 is 0 Å². The number of likely N-dealkylation sites (tertiary alicyclic amines) is 1. The first kappa shape index (κ1) is 19.8. The van der Waals surface area contributed by atoms with Crippen LogP contribution in [-0.4, -0.2) is 31.6 Å². The summed E-state index contributed by atoms with van der Waals surface area (Å²) in [6, 6.07) is 4.03. The van der Waals surface area contributed by atoms with Gasteiger partial charge in [0, 0.05) is 19.0 Å². The molecule has 0 amide bonds. The third-order valence-corrected chi connectivity index (χ3v) is 3.73. The molecule has 23 heavy (non-hydrogen) atoms. The summed E-state index contributed by atoms with van der Waals surface area (Å²) < 4.78 is 44.6. The van der Waals surface area contributed by atoms with E-state index in [2.05, 4.69) is 4.90 Å². The molecule has 1 fully saturated rings. The lowest BCUT2D eigenvalue weighted by atomic mass is 9.86. The molecule has 0 aromatic heterocycles. The SMILES string of the molecule is CC.CN1CC(COc2cc(C(C)(C)C)cc(C(F)(F)F)c2)C1. The fourth-order valence-electron chi connectivity index (χ4n) is 2.43. The maximum atomic E-state index is 13.0. The molecule has 0 unspecified atom stereocenters. The van der Waals surface area contributed by atoms with Crippen LogP contribution in [-0.2, 0) is 11.6 Å². The molecule has 0 aliphatic carbocycles. The summed E-state index contributed by atoms with van der Waals surface area (Å²) in [7, 11) is 2.01. The first-order valence-electron chi connectivity index (χ1n) is 8.10. The van der Waals surface area contributed by atoms with E-state index in [1.807, 2.05) is 41.7 Å². The van der Waals surface area contributed by atoms with Crippen LogP contribution < -0.4 is 4.74 Å². The van der Waals surface area contributed by atoms with E-state index < -0.39 is 11.7 Å². The van der Waals surface area contributed by atoms with Gasteiger partial charge in [0.1, 0.15) is 5.75 Å². The molecule has 1 aromatic rings. The van der Waals surface area contributed by atoms with Crippen molar-refractivity contribution >= 4 is 0 Å². The molecule has 2 rings (SSSR count). The molecule has 2 nitrogen and oxygen atoms in total. The molecule has 1 aromatic carbocycles. The molecule has 1 aliphatic rings. The Morgan fingerprint density at radius 2 is 1.57 bits per heavy atom. The minimum Gasteiger partial charge on any atom is -0.493 e. The van der Waals surface area contributed by atoms with Crippen molar-refractivity contribution in [2.24, 2.45) is 5.92 Å². The number of rotatable bonds is 3. The Balaban J connectivity index is 0.00000127. The van der Waals surface area contributed by atoms with Crippen molar-refractivity contribution in [1.29, 1.82) is 0 Å². The van der Waals surface area contributed by atoms with Gasteiger partial charge in [-0.05, 0) is 36.2 Å². The van der Waals surface area contributed by atoms with Crippen LogP contribution in [0.4, 0.5) is 13.2 Å². The Hall–Kier alpha value is -1.23. The monoisotopic (exact) mass is 331 g/mol. The molecule has 132 valence electrons. The number of nitrogens with zero attached hydrogens (tertiary/aromatic N) is 1. The maximum absolute atomic E-state index is 13.0. The second kappa shape index (κ2) is 7.56. The van der Waals surface area contributed by atoms with E-state index in [1.54, 1.807) is 6.07 Å². The Labute approximate surface area is 137 Å². The predicted octanol–water partition coefficient (Wildman–Crippen LogP) is 4.97. The summed E-state index contributed by atoms with van der Waals surface area (Å²) in [4.78, 5) is 2.15. The second-order valence-electron chi connectivity index (χ2n) is 6.89. The lowest BCUT2D eigenvalue weighted by Crippen LogP contribution is -2.46. The summed E-state index contributed by atoms with van der Waals surface area (Å²) in [5.41, 5.74) is -0.357. The fourth-order valence-corrected chi connectivity index (χ4v) is 2.43. The zero-order valence-electron chi connectivity index (χ0n) is 14.9.